The maximum absolute atomic E-state index is 9.92. The summed E-state index contributed by atoms with van der Waals surface area (Å²) >= 11 is 1.85. The van der Waals surface area contributed by atoms with Crippen molar-refractivity contribution < 1.29 is 5.11 Å². The Morgan fingerprint density at radius 2 is 2.33 bits per heavy atom. The lowest BCUT2D eigenvalue weighted by Gasteiger charge is -2.31. The number of imidazole rings is 1. The fourth-order valence-corrected chi connectivity index (χ4v) is 4.65. The molecule has 4 heteroatoms. The average molecular weight is 260 g/mol. The standard InChI is InChI=1S/C14H16N2OS/c17-10-3-1-2-9(6-10)13-14-11(4-5-18-14)12-7-15-8-16(12)13/h4-5,7-10,13,17H,1-3,6H2/t9?,10-,13+/m0/s1. The lowest BCUT2D eigenvalue weighted by Crippen LogP contribution is -2.26. The summed E-state index contributed by atoms with van der Waals surface area (Å²) in [5, 5.41) is 12.1. The maximum atomic E-state index is 9.92. The van der Waals surface area contributed by atoms with Crippen LogP contribution in [0, 0.1) is 5.92 Å². The van der Waals surface area contributed by atoms with Gasteiger partial charge in [-0.15, -0.1) is 11.3 Å². The first kappa shape index (κ1) is 10.8. The van der Waals surface area contributed by atoms with Crippen molar-refractivity contribution in [2.75, 3.05) is 0 Å². The second-order valence-electron chi connectivity index (χ2n) is 5.41. The summed E-state index contributed by atoms with van der Waals surface area (Å²) in [4.78, 5) is 5.76. The molecule has 1 unspecified atom stereocenters. The molecule has 0 spiro atoms. The SMILES string of the molecule is O[C@H]1CCCC([C@@H]2c3sccc3-c3cncn32)C1. The molecule has 4 rings (SSSR count). The molecule has 3 heterocycles. The van der Waals surface area contributed by atoms with Crippen molar-refractivity contribution in [1.82, 2.24) is 9.55 Å². The first-order valence-corrected chi connectivity index (χ1v) is 7.50. The highest BCUT2D eigenvalue weighted by Crippen LogP contribution is 2.49. The van der Waals surface area contributed by atoms with Crippen LogP contribution in [0.3, 0.4) is 0 Å². The van der Waals surface area contributed by atoms with E-state index in [4.69, 9.17) is 0 Å². The lowest BCUT2D eigenvalue weighted by molar-refractivity contribution is 0.0892. The molecule has 2 aliphatic rings. The van der Waals surface area contributed by atoms with Crippen LogP contribution >= 0.6 is 11.3 Å². The molecule has 1 fully saturated rings. The summed E-state index contributed by atoms with van der Waals surface area (Å²) in [5.41, 5.74) is 2.60. The van der Waals surface area contributed by atoms with E-state index in [0.717, 1.165) is 19.3 Å². The van der Waals surface area contributed by atoms with E-state index in [-0.39, 0.29) is 6.10 Å². The van der Waals surface area contributed by atoms with Gasteiger partial charge in [0.2, 0.25) is 0 Å². The third kappa shape index (κ3) is 1.42. The molecule has 1 N–H and O–H groups in total. The van der Waals surface area contributed by atoms with Gasteiger partial charge >= 0.3 is 0 Å². The van der Waals surface area contributed by atoms with Crippen LogP contribution < -0.4 is 0 Å². The van der Waals surface area contributed by atoms with Crippen LogP contribution in [0.5, 0.6) is 0 Å². The van der Waals surface area contributed by atoms with Gasteiger partial charge in [-0.25, -0.2) is 4.98 Å². The second-order valence-corrected chi connectivity index (χ2v) is 6.36. The van der Waals surface area contributed by atoms with Crippen LogP contribution in [0.1, 0.15) is 36.6 Å². The largest absolute Gasteiger partial charge is 0.393 e. The van der Waals surface area contributed by atoms with Crippen LogP contribution in [-0.4, -0.2) is 20.8 Å². The van der Waals surface area contributed by atoms with Crippen molar-refractivity contribution in [2.24, 2.45) is 5.92 Å². The van der Waals surface area contributed by atoms with E-state index in [2.05, 4.69) is 21.0 Å². The fraction of sp³-hybridized carbons (Fsp3) is 0.500. The Morgan fingerprint density at radius 1 is 1.39 bits per heavy atom. The molecule has 1 saturated carbocycles. The van der Waals surface area contributed by atoms with E-state index in [1.165, 1.54) is 22.6 Å². The fourth-order valence-electron chi connectivity index (χ4n) is 3.55. The van der Waals surface area contributed by atoms with Crippen molar-refractivity contribution in [3.63, 3.8) is 0 Å². The topological polar surface area (TPSA) is 38.1 Å². The number of aliphatic hydroxyl groups excluding tert-OH is 1. The Bertz CT molecular complexity index is 534. The van der Waals surface area contributed by atoms with Gasteiger partial charge in [0, 0.05) is 10.4 Å². The minimum absolute atomic E-state index is 0.111. The molecular formula is C14H16N2OS. The van der Waals surface area contributed by atoms with Crippen molar-refractivity contribution in [3.8, 4) is 11.3 Å². The number of nitrogens with zero attached hydrogens (tertiary/aromatic N) is 2. The van der Waals surface area contributed by atoms with Gasteiger partial charge < -0.3 is 9.67 Å². The zero-order valence-corrected chi connectivity index (χ0v) is 10.9. The molecule has 0 amide bonds. The molecule has 3 atom stereocenters. The van der Waals surface area contributed by atoms with Gasteiger partial charge in [-0.2, -0.15) is 0 Å². The van der Waals surface area contributed by atoms with Gasteiger partial charge in [-0.3, -0.25) is 0 Å². The number of aromatic nitrogens is 2. The Kier molecular flexibility index (Phi) is 2.35. The van der Waals surface area contributed by atoms with Crippen LogP contribution in [0.25, 0.3) is 11.3 Å². The zero-order chi connectivity index (χ0) is 12.1. The summed E-state index contributed by atoms with van der Waals surface area (Å²) in [6.07, 6.45) is 8.07. The number of fused-ring (bicyclic) bond motifs is 3. The summed E-state index contributed by atoms with van der Waals surface area (Å²) in [6.45, 7) is 0. The van der Waals surface area contributed by atoms with Crippen LogP contribution in [0.15, 0.2) is 24.0 Å². The Hall–Kier alpha value is -1.13. The highest BCUT2D eigenvalue weighted by molar-refractivity contribution is 7.10. The number of hydrogen-bond donors (Lipinski definition) is 1. The smallest absolute Gasteiger partial charge is 0.0957 e. The molecule has 1 aliphatic heterocycles. The monoisotopic (exact) mass is 260 g/mol. The van der Waals surface area contributed by atoms with Crippen LogP contribution in [-0.2, 0) is 0 Å². The zero-order valence-electron chi connectivity index (χ0n) is 10.1. The molecule has 94 valence electrons. The molecule has 0 saturated heterocycles. The minimum atomic E-state index is -0.111. The van der Waals surface area contributed by atoms with E-state index in [1.54, 1.807) is 0 Å². The average Bonchev–Trinajstić information content (AvgIpc) is 2.99. The molecular weight excluding hydrogens is 244 g/mol. The first-order valence-electron chi connectivity index (χ1n) is 6.62. The lowest BCUT2D eigenvalue weighted by atomic mass is 9.82. The second kappa shape index (κ2) is 3.93. The molecule has 0 radical (unpaired) electrons. The number of thiophene rings is 1. The highest BCUT2D eigenvalue weighted by atomic mass is 32.1. The van der Waals surface area contributed by atoms with E-state index >= 15 is 0 Å². The van der Waals surface area contributed by atoms with E-state index in [1.807, 2.05) is 23.9 Å². The predicted octanol–water partition coefficient (Wildman–Crippen LogP) is 3.07. The third-order valence-corrected chi connectivity index (χ3v) is 5.33. The Morgan fingerprint density at radius 3 is 3.22 bits per heavy atom. The normalized spacial score (nSPS) is 30.2. The molecule has 3 nitrogen and oxygen atoms in total. The molecule has 1 aliphatic carbocycles. The van der Waals surface area contributed by atoms with Gasteiger partial charge in [0.25, 0.3) is 0 Å². The maximum Gasteiger partial charge on any atom is 0.0957 e. The highest BCUT2D eigenvalue weighted by Gasteiger charge is 2.37. The van der Waals surface area contributed by atoms with Crippen molar-refractivity contribution in [2.45, 2.75) is 37.8 Å². The summed E-state index contributed by atoms with van der Waals surface area (Å²) in [7, 11) is 0. The van der Waals surface area contributed by atoms with Gasteiger partial charge in [0.15, 0.2) is 0 Å². The van der Waals surface area contributed by atoms with Gasteiger partial charge in [-0.05, 0) is 36.6 Å². The van der Waals surface area contributed by atoms with Crippen molar-refractivity contribution in [1.29, 1.82) is 0 Å². The summed E-state index contributed by atoms with van der Waals surface area (Å²) in [5.74, 6) is 0.557. The molecule has 0 bridgehead atoms. The van der Waals surface area contributed by atoms with Crippen molar-refractivity contribution >= 4 is 11.3 Å². The first-order chi connectivity index (χ1) is 8.84. The molecule has 0 aromatic carbocycles. The van der Waals surface area contributed by atoms with E-state index in [0.29, 0.717) is 12.0 Å². The van der Waals surface area contributed by atoms with Crippen molar-refractivity contribution in [3.05, 3.63) is 28.8 Å². The van der Waals surface area contributed by atoms with E-state index in [9.17, 15) is 5.11 Å². The molecule has 18 heavy (non-hydrogen) atoms. The van der Waals surface area contributed by atoms with E-state index < -0.39 is 0 Å². The van der Waals surface area contributed by atoms with Gasteiger partial charge in [-0.1, -0.05) is 6.42 Å². The summed E-state index contributed by atoms with van der Waals surface area (Å²) in [6, 6.07) is 2.61. The Balaban J connectivity index is 1.77. The minimum Gasteiger partial charge on any atom is -0.393 e. The van der Waals surface area contributed by atoms with Gasteiger partial charge in [0.1, 0.15) is 0 Å². The van der Waals surface area contributed by atoms with Crippen LogP contribution in [0.4, 0.5) is 0 Å². The van der Waals surface area contributed by atoms with Gasteiger partial charge in [0.05, 0.1) is 30.4 Å². The molecule has 2 aromatic rings. The third-order valence-electron chi connectivity index (χ3n) is 4.34. The summed E-state index contributed by atoms with van der Waals surface area (Å²) < 4.78 is 2.31. The predicted molar refractivity (Wildman–Crippen MR) is 71.6 cm³/mol. The number of hydrogen-bond acceptors (Lipinski definition) is 3. The number of aliphatic hydroxyl groups is 1. The Labute approximate surface area is 110 Å². The molecule has 2 aromatic heterocycles. The number of rotatable bonds is 1. The quantitative estimate of drug-likeness (QED) is 0.855. The van der Waals surface area contributed by atoms with Crippen LogP contribution in [0.2, 0.25) is 0 Å².